The van der Waals surface area contributed by atoms with E-state index in [1.54, 1.807) is 6.07 Å². The normalized spacial score (nSPS) is 16.8. The monoisotopic (exact) mass is 414 g/mol. The fraction of sp³-hybridized carbons (Fsp3) is 0.292. The highest BCUT2D eigenvalue weighted by atomic mass is 16.5. The highest BCUT2D eigenvalue weighted by Crippen LogP contribution is 2.43. The molecule has 1 aliphatic carbocycles. The third-order valence-electron chi connectivity index (χ3n) is 6.19. The van der Waals surface area contributed by atoms with E-state index >= 15 is 0 Å². The van der Waals surface area contributed by atoms with Crippen molar-refractivity contribution >= 4 is 33.6 Å². The fourth-order valence-corrected chi connectivity index (χ4v) is 4.49. The number of aromatic carboxylic acids is 1. The smallest absolute Gasteiger partial charge is 0.338 e. The number of imidazole rings is 1. The van der Waals surface area contributed by atoms with Crippen LogP contribution in [0.4, 0.5) is 5.69 Å². The van der Waals surface area contributed by atoms with Gasteiger partial charge >= 0.3 is 5.97 Å². The zero-order chi connectivity index (χ0) is 20.9. The first-order valence-corrected chi connectivity index (χ1v) is 10.7. The quantitative estimate of drug-likeness (QED) is 0.544. The highest BCUT2D eigenvalue weighted by molar-refractivity contribution is 6.04. The van der Waals surface area contributed by atoms with E-state index in [0.29, 0.717) is 24.6 Å². The molecule has 0 amide bonds. The second-order valence-electron chi connectivity index (χ2n) is 8.19. The van der Waals surface area contributed by atoms with Crippen molar-refractivity contribution in [2.24, 2.45) is 0 Å². The molecule has 7 nitrogen and oxygen atoms in total. The Kier molecular flexibility index (Phi) is 4.17. The van der Waals surface area contributed by atoms with Crippen LogP contribution >= 0.6 is 0 Å². The Hall–Kier alpha value is -3.45. The molecule has 0 spiro atoms. The van der Waals surface area contributed by atoms with E-state index in [2.05, 4.69) is 26.6 Å². The third-order valence-corrected chi connectivity index (χ3v) is 6.19. The van der Waals surface area contributed by atoms with Gasteiger partial charge in [-0.1, -0.05) is 18.2 Å². The zero-order valence-corrected chi connectivity index (χ0v) is 17.0. The van der Waals surface area contributed by atoms with Crippen molar-refractivity contribution in [3.05, 3.63) is 60.0 Å². The molecule has 31 heavy (non-hydrogen) atoms. The first-order chi connectivity index (χ1) is 15.2. The van der Waals surface area contributed by atoms with E-state index in [1.165, 1.54) is 0 Å². The number of hydrogen-bond acceptors (Lipinski definition) is 5. The Balaban J connectivity index is 1.67. The van der Waals surface area contributed by atoms with Crippen LogP contribution in [0.2, 0.25) is 0 Å². The molecule has 1 saturated carbocycles. The Morgan fingerprint density at radius 3 is 2.68 bits per heavy atom. The van der Waals surface area contributed by atoms with Crippen molar-refractivity contribution in [1.82, 2.24) is 14.5 Å². The maximum atomic E-state index is 12.2. The van der Waals surface area contributed by atoms with E-state index < -0.39 is 5.97 Å². The van der Waals surface area contributed by atoms with Gasteiger partial charge in [0.1, 0.15) is 11.3 Å². The van der Waals surface area contributed by atoms with Gasteiger partial charge in [-0.15, -0.1) is 0 Å². The standard InChI is InChI=1S/C24H22N4O3/c29-24(30)18-13-16(27-9-11-31-12-10-27)14-21-22(18)26-23(15-5-6-15)28(21)20-7-8-25-19-4-2-1-3-17(19)20/h1-4,7-8,13-15H,5-6,9-12H2,(H,29,30). The number of para-hydroxylation sites is 1. The lowest BCUT2D eigenvalue weighted by Crippen LogP contribution is -2.36. The van der Waals surface area contributed by atoms with Crippen LogP contribution in [0.1, 0.15) is 34.9 Å². The highest BCUT2D eigenvalue weighted by Gasteiger charge is 2.32. The number of anilines is 1. The van der Waals surface area contributed by atoms with Gasteiger partial charge in [0.25, 0.3) is 0 Å². The number of carbonyl (C=O) groups is 1. The molecule has 2 aliphatic rings. The van der Waals surface area contributed by atoms with E-state index in [0.717, 1.165) is 59.5 Å². The van der Waals surface area contributed by atoms with Gasteiger partial charge in [0.05, 0.1) is 35.5 Å². The van der Waals surface area contributed by atoms with Gasteiger partial charge in [-0.05, 0) is 37.1 Å². The van der Waals surface area contributed by atoms with E-state index in [1.807, 2.05) is 30.5 Å². The Morgan fingerprint density at radius 2 is 1.90 bits per heavy atom. The maximum Gasteiger partial charge on any atom is 0.338 e. The number of fused-ring (bicyclic) bond motifs is 2. The molecule has 2 aromatic carbocycles. The average molecular weight is 414 g/mol. The predicted molar refractivity (Wildman–Crippen MR) is 118 cm³/mol. The van der Waals surface area contributed by atoms with Gasteiger partial charge < -0.3 is 14.7 Å². The van der Waals surface area contributed by atoms with Gasteiger partial charge in [-0.2, -0.15) is 0 Å². The summed E-state index contributed by atoms with van der Waals surface area (Å²) in [5.41, 5.74) is 4.43. The molecular formula is C24H22N4O3. The number of hydrogen-bond donors (Lipinski definition) is 1. The molecule has 2 fully saturated rings. The van der Waals surface area contributed by atoms with Gasteiger partial charge in [-0.25, -0.2) is 9.78 Å². The van der Waals surface area contributed by atoms with Crippen molar-refractivity contribution in [2.45, 2.75) is 18.8 Å². The molecule has 3 heterocycles. The lowest BCUT2D eigenvalue weighted by Gasteiger charge is -2.29. The van der Waals surface area contributed by atoms with Crippen molar-refractivity contribution in [3.63, 3.8) is 0 Å². The van der Waals surface area contributed by atoms with Crippen LogP contribution in [-0.2, 0) is 4.74 Å². The Bertz CT molecular complexity index is 1310. The second kappa shape index (κ2) is 7.06. The van der Waals surface area contributed by atoms with E-state index in [-0.39, 0.29) is 5.56 Å². The Labute approximate surface area is 178 Å². The van der Waals surface area contributed by atoms with E-state index in [4.69, 9.17) is 9.72 Å². The van der Waals surface area contributed by atoms with Crippen LogP contribution in [0.3, 0.4) is 0 Å². The molecule has 156 valence electrons. The first kappa shape index (κ1) is 18.3. The molecular weight excluding hydrogens is 392 g/mol. The van der Waals surface area contributed by atoms with Crippen LogP contribution in [-0.4, -0.2) is 51.9 Å². The summed E-state index contributed by atoms with van der Waals surface area (Å²) in [6, 6.07) is 13.9. The van der Waals surface area contributed by atoms with Gasteiger partial charge in [0.2, 0.25) is 0 Å². The molecule has 6 rings (SSSR count). The number of rotatable bonds is 4. The minimum absolute atomic E-state index is 0.248. The maximum absolute atomic E-state index is 12.2. The number of aromatic nitrogens is 3. The number of morpholine rings is 1. The number of carboxylic acids is 1. The summed E-state index contributed by atoms with van der Waals surface area (Å²) in [6.45, 7) is 2.77. The topological polar surface area (TPSA) is 80.5 Å². The molecule has 1 N–H and O–H groups in total. The van der Waals surface area contributed by atoms with Crippen molar-refractivity contribution < 1.29 is 14.6 Å². The zero-order valence-electron chi connectivity index (χ0n) is 17.0. The second-order valence-corrected chi connectivity index (χ2v) is 8.19. The molecule has 4 aromatic rings. The summed E-state index contributed by atoms with van der Waals surface area (Å²) in [4.78, 5) is 23.8. The summed E-state index contributed by atoms with van der Waals surface area (Å²) in [7, 11) is 0. The number of benzene rings is 2. The van der Waals surface area contributed by atoms with Crippen molar-refractivity contribution in [2.75, 3.05) is 31.2 Å². The van der Waals surface area contributed by atoms with Crippen LogP contribution in [0, 0.1) is 0 Å². The van der Waals surface area contributed by atoms with Crippen molar-refractivity contribution in [3.8, 4) is 5.69 Å². The number of pyridine rings is 1. The third kappa shape index (κ3) is 3.04. The fourth-order valence-electron chi connectivity index (χ4n) is 4.49. The minimum atomic E-state index is -0.952. The molecule has 0 radical (unpaired) electrons. The molecule has 0 atom stereocenters. The Morgan fingerprint density at radius 1 is 1.10 bits per heavy atom. The molecule has 7 heteroatoms. The number of nitrogens with zero attached hydrogens (tertiary/aromatic N) is 4. The summed E-state index contributed by atoms with van der Waals surface area (Å²) in [6.07, 6.45) is 3.96. The van der Waals surface area contributed by atoms with Crippen LogP contribution < -0.4 is 4.90 Å². The van der Waals surface area contributed by atoms with Crippen LogP contribution in [0.5, 0.6) is 0 Å². The molecule has 2 aromatic heterocycles. The number of carboxylic acid groups (broad SMARTS) is 1. The van der Waals surface area contributed by atoms with Crippen molar-refractivity contribution in [1.29, 1.82) is 0 Å². The first-order valence-electron chi connectivity index (χ1n) is 10.7. The minimum Gasteiger partial charge on any atom is -0.478 e. The lowest BCUT2D eigenvalue weighted by atomic mass is 10.1. The lowest BCUT2D eigenvalue weighted by molar-refractivity contribution is 0.0699. The molecule has 0 unspecified atom stereocenters. The summed E-state index contributed by atoms with van der Waals surface area (Å²) < 4.78 is 7.65. The molecule has 1 aliphatic heterocycles. The SMILES string of the molecule is O=C(O)c1cc(N2CCOCC2)cc2c1nc(C1CC1)n2-c1ccnc2ccccc12. The average Bonchev–Trinajstić information content (AvgIpc) is 3.59. The van der Waals surface area contributed by atoms with Crippen LogP contribution in [0.15, 0.2) is 48.7 Å². The van der Waals surface area contributed by atoms with Gasteiger partial charge in [0, 0.05) is 36.3 Å². The van der Waals surface area contributed by atoms with Gasteiger partial charge in [0.15, 0.2) is 0 Å². The van der Waals surface area contributed by atoms with Crippen LogP contribution in [0.25, 0.3) is 27.6 Å². The summed E-state index contributed by atoms with van der Waals surface area (Å²) in [5, 5.41) is 11.0. The molecule has 0 bridgehead atoms. The summed E-state index contributed by atoms with van der Waals surface area (Å²) in [5.74, 6) is 0.340. The largest absolute Gasteiger partial charge is 0.478 e. The predicted octanol–water partition coefficient (Wildman–Crippen LogP) is 3.99. The molecule has 1 saturated heterocycles. The van der Waals surface area contributed by atoms with E-state index in [9.17, 15) is 9.90 Å². The summed E-state index contributed by atoms with van der Waals surface area (Å²) >= 11 is 0. The van der Waals surface area contributed by atoms with Gasteiger partial charge in [-0.3, -0.25) is 9.55 Å². The number of ether oxygens (including phenoxy) is 1.